The van der Waals surface area contributed by atoms with E-state index in [0.29, 0.717) is 13.0 Å². The number of amides is 3. The first-order chi connectivity index (χ1) is 14.9. The molecular formula is C24H39N3O4S. The fourth-order valence-electron chi connectivity index (χ4n) is 3.21. The van der Waals surface area contributed by atoms with Gasteiger partial charge in [0, 0.05) is 18.3 Å². The molecule has 0 aliphatic rings. The molecule has 1 aromatic rings. The second-order valence-corrected chi connectivity index (χ2v) is 9.44. The van der Waals surface area contributed by atoms with Crippen molar-refractivity contribution in [1.82, 2.24) is 15.5 Å². The number of rotatable bonds is 10. The number of nitrogens with zero attached hydrogens (tertiary/aromatic N) is 1. The van der Waals surface area contributed by atoms with Crippen LogP contribution in [0.3, 0.4) is 0 Å². The highest BCUT2D eigenvalue weighted by Crippen LogP contribution is 2.24. The highest BCUT2D eigenvalue weighted by atomic mass is 32.1. The maximum atomic E-state index is 13.5. The Labute approximate surface area is 198 Å². The number of hydrogen-bond donors (Lipinski definition) is 3. The van der Waals surface area contributed by atoms with Crippen molar-refractivity contribution in [2.75, 3.05) is 12.3 Å². The van der Waals surface area contributed by atoms with Gasteiger partial charge < -0.3 is 20.3 Å². The van der Waals surface area contributed by atoms with Crippen LogP contribution in [0.5, 0.6) is 0 Å². The monoisotopic (exact) mass is 465 g/mol. The third-order valence-electron chi connectivity index (χ3n) is 4.61. The zero-order valence-electron chi connectivity index (χ0n) is 20.4. The standard InChI is InChI=1S/C24H39N3O4S/c1-8-14-27(22(29)19(15-32)26-23(30)31-24(5,6)7)20(21(28)25-16(3)4)18-12-10-17(9-2)11-13-18/h10-13,16,19-20,32H,8-9,14-15H2,1-7H3,(H,25,28)(H,26,30). The van der Waals surface area contributed by atoms with Crippen molar-refractivity contribution < 1.29 is 19.1 Å². The van der Waals surface area contributed by atoms with Crippen molar-refractivity contribution in [2.24, 2.45) is 0 Å². The van der Waals surface area contributed by atoms with Gasteiger partial charge in [-0.05, 0) is 58.6 Å². The van der Waals surface area contributed by atoms with Gasteiger partial charge in [0.2, 0.25) is 11.8 Å². The average molecular weight is 466 g/mol. The minimum Gasteiger partial charge on any atom is -0.444 e. The second-order valence-electron chi connectivity index (χ2n) is 9.07. The molecule has 2 N–H and O–H groups in total. The summed E-state index contributed by atoms with van der Waals surface area (Å²) in [6.45, 7) is 13.4. The van der Waals surface area contributed by atoms with Crippen molar-refractivity contribution in [3.63, 3.8) is 0 Å². The molecule has 0 saturated heterocycles. The number of nitrogens with one attached hydrogen (secondary N) is 2. The lowest BCUT2D eigenvalue weighted by Gasteiger charge is -2.34. The summed E-state index contributed by atoms with van der Waals surface area (Å²) in [6, 6.07) is 5.87. The summed E-state index contributed by atoms with van der Waals surface area (Å²) in [5.41, 5.74) is 1.17. The van der Waals surface area contributed by atoms with Crippen LogP contribution in [0.1, 0.15) is 72.1 Å². The Kier molecular flexibility index (Phi) is 11.1. The van der Waals surface area contributed by atoms with Crippen LogP contribution < -0.4 is 10.6 Å². The molecule has 2 atom stereocenters. The van der Waals surface area contributed by atoms with Crippen LogP contribution in [0.2, 0.25) is 0 Å². The molecule has 1 aromatic carbocycles. The summed E-state index contributed by atoms with van der Waals surface area (Å²) >= 11 is 4.27. The molecule has 0 radical (unpaired) electrons. The number of hydrogen-bond acceptors (Lipinski definition) is 5. The van der Waals surface area contributed by atoms with Crippen LogP contribution in [0.15, 0.2) is 24.3 Å². The van der Waals surface area contributed by atoms with Crippen molar-refractivity contribution in [2.45, 2.75) is 85.0 Å². The molecular weight excluding hydrogens is 426 g/mol. The van der Waals surface area contributed by atoms with Crippen molar-refractivity contribution in [3.8, 4) is 0 Å². The lowest BCUT2D eigenvalue weighted by atomic mass is 10.00. The summed E-state index contributed by atoms with van der Waals surface area (Å²) in [4.78, 5) is 40.5. The molecule has 3 amide bonds. The summed E-state index contributed by atoms with van der Waals surface area (Å²) in [5, 5.41) is 5.53. The smallest absolute Gasteiger partial charge is 0.408 e. The van der Waals surface area contributed by atoms with Crippen molar-refractivity contribution >= 4 is 30.5 Å². The van der Waals surface area contributed by atoms with E-state index in [0.717, 1.165) is 17.5 Å². The van der Waals surface area contributed by atoms with Crippen LogP contribution in [-0.2, 0) is 20.7 Å². The average Bonchev–Trinajstić information content (AvgIpc) is 2.69. The topological polar surface area (TPSA) is 87.7 Å². The molecule has 32 heavy (non-hydrogen) atoms. The Bertz CT molecular complexity index is 760. The summed E-state index contributed by atoms with van der Waals surface area (Å²) in [5.74, 6) is -0.566. The zero-order chi connectivity index (χ0) is 24.5. The molecule has 0 aromatic heterocycles. The SMILES string of the molecule is CCCN(C(=O)C(CS)NC(=O)OC(C)(C)C)C(C(=O)NC(C)C)c1ccc(CC)cc1. The van der Waals surface area contributed by atoms with Crippen LogP contribution in [-0.4, -0.2) is 52.8 Å². The van der Waals surface area contributed by atoms with E-state index in [-0.39, 0.29) is 23.6 Å². The summed E-state index contributed by atoms with van der Waals surface area (Å²) in [6.07, 6.45) is 0.829. The lowest BCUT2D eigenvalue weighted by Crippen LogP contribution is -2.54. The van der Waals surface area contributed by atoms with Crippen molar-refractivity contribution in [3.05, 3.63) is 35.4 Å². The first kappa shape index (κ1) is 27.8. The largest absolute Gasteiger partial charge is 0.444 e. The van der Waals surface area contributed by atoms with E-state index in [4.69, 9.17) is 4.74 Å². The molecule has 180 valence electrons. The molecule has 0 aliphatic heterocycles. The fourth-order valence-corrected chi connectivity index (χ4v) is 3.46. The number of aryl methyl sites for hydroxylation is 1. The number of alkyl carbamates (subject to hydrolysis) is 1. The quantitative estimate of drug-likeness (QED) is 0.458. The molecule has 0 fully saturated rings. The van der Waals surface area contributed by atoms with E-state index in [2.05, 4.69) is 30.2 Å². The normalized spacial score (nSPS) is 13.3. The molecule has 0 saturated carbocycles. The maximum Gasteiger partial charge on any atom is 0.408 e. The van der Waals surface area contributed by atoms with Crippen LogP contribution in [0, 0.1) is 0 Å². The van der Waals surface area contributed by atoms with Gasteiger partial charge in [-0.15, -0.1) is 0 Å². The van der Waals surface area contributed by atoms with E-state index >= 15 is 0 Å². The molecule has 0 heterocycles. The van der Waals surface area contributed by atoms with Gasteiger partial charge >= 0.3 is 6.09 Å². The number of ether oxygens (including phenoxy) is 1. The van der Waals surface area contributed by atoms with Crippen LogP contribution in [0.25, 0.3) is 0 Å². The van der Waals surface area contributed by atoms with Gasteiger partial charge in [-0.25, -0.2) is 4.79 Å². The number of benzene rings is 1. The van der Waals surface area contributed by atoms with E-state index in [1.807, 2.05) is 45.0 Å². The Morgan fingerprint density at radius 3 is 2.09 bits per heavy atom. The third-order valence-corrected chi connectivity index (χ3v) is 4.98. The van der Waals surface area contributed by atoms with Crippen molar-refractivity contribution in [1.29, 1.82) is 0 Å². The highest BCUT2D eigenvalue weighted by Gasteiger charge is 2.35. The molecule has 2 unspecified atom stereocenters. The Morgan fingerprint density at radius 1 is 1.06 bits per heavy atom. The van der Waals surface area contributed by atoms with E-state index < -0.39 is 23.8 Å². The first-order valence-corrected chi connectivity index (χ1v) is 11.9. The fraction of sp³-hybridized carbons (Fsp3) is 0.625. The first-order valence-electron chi connectivity index (χ1n) is 11.2. The van der Waals surface area contributed by atoms with E-state index in [9.17, 15) is 14.4 Å². The minimum atomic E-state index is -0.927. The molecule has 0 bridgehead atoms. The molecule has 0 aliphatic carbocycles. The lowest BCUT2D eigenvalue weighted by molar-refractivity contribution is -0.142. The Balaban J connectivity index is 3.30. The van der Waals surface area contributed by atoms with E-state index in [1.54, 1.807) is 20.8 Å². The molecule has 7 nitrogen and oxygen atoms in total. The number of thiol groups is 1. The second kappa shape index (κ2) is 12.7. The van der Waals surface area contributed by atoms with E-state index in [1.165, 1.54) is 4.90 Å². The maximum absolute atomic E-state index is 13.5. The summed E-state index contributed by atoms with van der Waals surface area (Å²) in [7, 11) is 0. The third kappa shape index (κ3) is 8.73. The zero-order valence-corrected chi connectivity index (χ0v) is 21.3. The Morgan fingerprint density at radius 2 is 1.66 bits per heavy atom. The minimum absolute atomic E-state index is 0.0750. The summed E-state index contributed by atoms with van der Waals surface area (Å²) < 4.78 is 5.30. The Hall–Kier alpha value is -2.22. The van der Waals surface area contributed by atoms with Gasteiger partial charge in [0.15, 0.2) is 0 Å². The predicted molar refractivity (Wildman–Crippen MR) is 131 cm³/mol. The number of carbonyl (C=O) groups excluding carboxylic acids is 3. The molecule has 8 heteroatoms. The van der Waals surface area contributed by atoms with Gasteiger partial charge in [-0.2, -0.15) is 12.6 Å². The van der Waals surface area contributed by atoms with Gasteiger partial charge in [0.1, 0.15) is 17.7 Å². The predicted octanol–water partition coefficient (Wildman–Crippen LogP) is 3.88. The van der Waals surface area contributed by atoms with Gasteiger partial charge in [-0.1, -0.05) is 38.1 Å². The molecule has 1 rings (SSSR count). The number of carbonyl (C=O) groups is 3. The molecule has 0 spiro atoms. The highest BCUT2D eigenvalue weighted by molar-refractivity contribution is 7.80. The van der Waals surface area contributed by atoms with Gasteiger partial charge in [0.25, 0.3) is 0 Å². The van der Waals surface area contributed by atoms with Gasteiger partial charge in [-0.3, -0.25) is 9.59 Å². The van der Waals surface area contributed by atoms with Gasteiger partial charge in [0.05, 0.1) is 0 Å². The van der Waals surface area contributed by atoms with Crippen LogP contribution >= 0.6 is 12.6 Å². The van der Waals surface area contributed by atoms with Crippen LogP contribution in [0.4, 0.5) is 4.79 Å².